The van der Waals surface area contributed by atoms with E-state index in [-0.39, 0.29) is 29.7 Å². The third-order valence-electron chi connectivity index (χ3n) is 4.16. The topological polar surface area (TPSA) is 98.0 Å². The summed E-state index contributed by atoms with van der Waals surface area (Å²) in [7, 11) is 1.68. The van der Waals surface area contributed by atoms with Gasteiger partial charge in [0.1, 0.15) is 12.4 Å². The van der Waals surface area contributed by atoms with Crippen molar-refractivity contribution in [1.82, 2.24) is 10.6 Å². The van der Waals surface area contributed by atoms with Crippen LogP contribution in [0.15, 0.2) is 47.5 Å². The number of hydrogen-bond acceptors (Lipinski definition) is 5. The van der Waals surface area contributed by atoms with Gasteiger partial charge in [0.05, 0.1) is 11.5 Å². The van der Waals surface area contributed by atoms with Crippen molar-refractivity contribution < 1.29 is 14.4 Å². The number of halogens is 1. The lowest BCUT2D eigenvalue weighted by Gasteiger charge is -2.15. The average molecular weight is 528 g/mol. The monoisotopic (exact) mass is 528 g/mol. The zero-order valence-electron chi connectivity index (χ0n) is 17.5. The molecule has 0 aliphatic rings. The largest absolute Gasteiger partial charge is 0.491 e. The molecule has 0 amide bonds. The smallest absolute Gasteiger partial charge is 0.269 e. The number of rotatable bonds is 10. The molecule has 0 atom stereocenters. The molecule has 0 radical (unpaired) electrons. The van der Waals surface area contributed by atoms with Crippen molar-refractivity contribution in [3.05, 3.63) is 69.3 Å². The third-order valence-corrected chi connectivity index (χ3v) is 4.16. The van der Waals surface area contributed by atoms with Gasteiger partial charge in [-0.25, -0.2) is 0 Å². The molecule has 0 saturated heterocycles. The van der Waals surface area contributed by atoms with Crippen molar-refractivity contribution in [2.75, 3.05) is 26.9 Å². The number of benzene rings is 2. The van der Waals surface area contributed by atoms with Crippen molar-refractivity contribution in [2.45, 2.75) is 26.9 Å². The summed E-state index contributed by atoms with van der Waals surface area (Å²) in [5, 5.41) is 17.3. The van der Waals surface area contributed by atoms with Crippen LogP contribution in [0, 0.1) is 17.0 Å². The lowest BCUT2D eigenvalue weighted by molar-refractivity contribution is -0.384. The van der Waals surface area contributed by atoms with Crippen molar-refractivity contribution in [2.24, 2.45) is 4.99 Å². The van der Waals surface area contributed by atoms with Crippen LogP contribution in [0.25, 0.3) is 0 Å². The molecule has 0 heterocycles. The first-order valence-electron chi connectivity index (χ1n) is 9.51. The van der Waals surface area contributed by atoms with Gasteiger partial charge in [-0.1, -0.05) is 24.3 Å². The zero-order valence-corrected chi connectivity index (χ0v) is 19.8. The Morgan fingerprint density at radius 3 is 2.60 bits per heavy atom. The minimum atomic E-state index is -0.402. The summed E-state index contributed by atoms with van der Waals surface area (Å²) < 4.78 is 11.2. The normalized spacial score (nSPS) is 10.8. The van der Waals surface area contributed by atoms with E-state index in [1.807, 2.05) is 38.1 Å². The van der Waals surface area contributed by atoms with Gasteiger partial charge in [0, 0.05) is 44.4 Å². The molecule has 0 spiro atoms. The average Bonchev–Trinajstić information content (AvgIpc) is 2.72. The van der Waals surface area contributed by atoms with E-state index in [1.165, 1.54) is 6.07 Å². The standard InChI is InChI=1S/C21H28N4O4.HI/c1-4-28-10-11-29-20-12-16(2)8-9-18(20)15-24-21(22-3)23-14-17-6-5-7-19(13-17)25(26)27;/h5-9,12-13H,4,10-11,14-15H2,1-3H3,(H2,22,23,24);1H. The Bertz CT molecular complexity index is 846. The summed E-state index contributed by atoms with van der Waals surface area (Å²) >= 11 is 0. The molecule has 2 aromatic rings. The van der Waals surface area contributed by atoms with Gasteiger partial charge in [0.15, 0.2) is 5.96 Å². The van der Waals surface area contributed by atoms with E-state index in [1.54, 1.807) is 19.2 Å². The van der Waals surface area contributed by atoms with Crippen LogP contribution in [-0.2, 0) is 17.8 Å². The Balaban J connectivity index is 0.00000450. The molecular weight excluding hydrogens is 499 g/mol. The zero-order chi connectivity index (χ0) is 21.1. The highest BCUT2D eigenvalue weighted by molar-refractivity contribution is 14.0. The predicted molar refractivity (Wildman–Crippen MR) is 129 cm³/mol. The summed E-state index contributed by atoms with van der Waals surface area (Å²) in [6, 6.07) is 12.6. The molecule has 0 bridgehead atoms. The Morgan fingerprint density at radius 1 is 1.13 bits per heavy atom. The maximum atomic E-state index is 10.9. The van der Waals surface area contributed by atoms with E-state index >= 15 is 0 Å². The third kappa shape index (κ3) is 8.54. The lowest BCUT2D eigenvalue weighted by atomic mass is 10.1. The second-order valence-electron chi connectivity index (χ2n) is 6.36. The molecular formula is C21H29IN4O4. The van der Waals surface area contributed by atoms with Gasteiger partial charge >= 0.3 is 0 Å². The Hall–Kier alpha value is -2.40. The molecule has 0 fully saturated rings. The van der Waals surface area contributed by atoms with Crippen LogP contribution in [0.3, 0.4) is 0 Å². The second kappa shape index (κ2) is 13.8. The predicted octanol–water partition coefficient (Wildman–Crippen LogP) is 3.80. The van der Waals surface area contributed by atoms with E-state index < -0.39 is 4.92 Å². The number of hydrogen-bond donors (Lipinski definition) is 2. The Labute approximate surface area is 194 Å². The highest BCUT2D eigenvalue weighted by Crippen LogP contribution is 2.20. The molecule has 2 N–H and O–H groups in total. The van der Waals surface area contributed by atoms with Gasteiger partial charge in [-0.2, -0.15) is 0 Å². The van der Waals surface area contributed by atoms with E-state index in [0.29, 0.717) is 38.9 Å². The van der Waals surface area contributed by atoms with E-state index in [4.69, 9.17) is 9.47 Å². The van der Waals surface area contributed by atoms with Gasteiger partial charge in [0.25, 0.3) is 5.69 Å². The van der Waals surface area contributed by atoms with Crippen LogP contribution >= 0.6 is 24.0 Å². The number of aliphatic imine (C=N–C) groups is 1. The van der Waals surface area contributed by atoms with E-state index in [0.717, 1.165) is 22.4 Å². The summed E-state index contributed by atoms with van der Waals surface area (Å²) in [5.74, 6) is 1.41. The van der Waals surface area contributed by atoms with Crippen molar-refractivity contribution in [3.8, 4) is 5.75 Å². The summed E-state index contributed by atoms with van der Waals surface area (Å²) in [5.41, 5.74) is 3.00. The first-order chi connectivity index (χ1) is 14.0. The number of non-ortho nitro benzene ring substituents is 1. The molecule has 2 rings (SSSR count). The number of nitro benzene ring substituents is 1. The maximum Gasteiger partial charge on any atom is 0.269 e. The fraction of sp³-hybridized carbons (Fsp3) is 0.381. The van der Waals surface area contributed by atoms with Crippen LogP contribution < -0.4 is 15.4 Å². The van der Waals surface area contributed by atoms with Gasteiger partial charge in [-0.3, -0.25) is 15.1 Å². The highest BCUT2D eigenvalue weighted by atomic mass is 127. The Morgan fingerprint density at radius 2 is 1.90 bits per heavy atom. The summed E-state index contributed by atoms with van der Waals surface area (Å²) in [6.45, 7) is 6.62. The first kappa shape index (κ1) is 25.6. The molecule has 9 heteroatoms. The fourth-order valence-electron chi connectivity index (χ4n) is 2.66. The van der Waals surface area contributed by atoms with Crippen LogP contribution in [0.1, 0.15) is 23.6 Å². The van der Waals surface area contributed by atoms with Crippen molar-refractivity contribution >= 4 is 35.6 Å². The van der Waals surface area contributed by atoms with Gasteiger partial charge < -0.3 is 20.1 Å². The number of nitrogens with zero attached hydrogens (tertiary/aromatic N) is 2. The quantitative estimate of drug-likeness (QED) is 0.122. The molecule has 164 valence electrons. The summed E-state index contributed by atoms with van der Waals surface area (Å²) in [4.78, 5) is 14.7. The van der Waals surface area contributed by atoms with Crippen LogP contribution in [0.5, 0.6) is 5.75 Å². The number of nitro groups is 1. The summed E-state index contributed by atoms with van der Waals surface area (Å²) in [6.07, 6.45) is 0. The minimum absolute atomic E-state index is 0. The molecule has 0 aliphatic carbocycles. The Kier molecular flexibility index (Phi) is 11.8. The van der Waals surface area contributed by atoms with Gasteiger partial charge in [-0.05, 0) is 31.0 Å². The van der Waals surface area contributed by atoms with Gasteiger partial charge in [-0.15, -0.1) is 24.0 Å². The molecule has 2 aromatic carbocycles. The number of ether oxygens (including phenoxy) is 2. The highest BCUT2D eigenvalue weighted by Gasteiger charge is 2.08. The van der Waals surface area contributed by atoms with Crippen LogP contribution in [-0.4, -0.2) is 37.8 Å². The fourth-order valence-corrected chi connectivity index (χ4v) is 2.66. The number of guanidine groups is 1. The first-order valence-corrected chi connectivity index (χ1v) is 9.51. The van der Waals surface area contributed by atoms with Crippen molar-refractivity contribution in [1.29, 1.82) is 0 Å². The number of aryl methyl sites for hydroxylation is 1. The number of nitrogens with one attached hydrogen (secondary N) is 2. The molecule has 8 nitrogen and oxygen atoms in total. The molecule has 30 heavy (non-hydrogen) atoms. The van der Waals surface area contributed by atoms with E-state index in [9.17, 15) is 10.1 Å². The minimum Gasteiger partial charge on any atom is -0.491 e. The van der Waals surface area contributed by atoms with E-state index in [2.05, 4.69) is 15.6 Å². The molecule has 0 unspecified atom stereocenters. The van der Waals surface area contributed by atoms with Crippen LogP contribution in [0.2, 0.25) is 0 Å². The lowest BCUT2D eigenvalue weighted by Crippen LogP contribution is -2.36. The van der Waals surface area contributed by atoms with Crippen molar-refractivity contribution in [3.63, 3.8) is 0 Å². The molecule has 0 aromatic heterocycles. The maximum absolute atomic E-state index is 10.9. The SMILES string of the molecule is CCOCCOc1cc(C)ccc1CNC(=NC)NCc1cccc([N+](=O)[O-])c1.I. The van der Waals surface area contributed by atoms with Crippen LogP contribution in [0.4, 0.5) is 5.69 Å². The van der Waals surface area contributed by atoms with Gasteiger partial charge in [0.2, 0.25) is 0 Å². The second-order valence-corrected chi connectivity index (χ2v) is 6.36. The molecule has 0 aliphatic heterocycles. The molecule has 0 saturated carbocycles.